The second-order valence-electron chi connectivity index (χ2n) is 6.13. The maximum Gasteiger partial charge on any atom is 0.490 e. The summed E-state index contributed by atoms with van der Waals surface area (Å²) in [6, 6.07) is 10.9. The molecular weight excluding hydrogens is 351 g/mol. The first-order chi connectivity index (χ1) is 12.1. The molecule has 26 heavy (non-hydrogen) atoms. The summed E-state index contributed by atoms with van der Waals surface area (Å²) in [5, 5.41) is 10.6. The molecule has 0 spiro atoms. The maximum absolute atomic E-state index is 11.9. The summed E-state index contributed by atoms with van der Waals surface area (Å²) < 4.78 is 36.7. The van der Waals surface area contributed by atoms with E-state index in [-0.39, 0.29) is 5.97 Å². The maximum atomic E-state index is 11.9. The number of hydrogen-bond acceptors (Lipinski definition) is 4. The molecule has 0 unspecified atom stereocenters. The Bertz CT molecular complexity index is 592. The molecule has 0 amide bonds. The fraction of sp³-hybridized carbons (Fsp3) is 0.556. The molecule has 1 saturated heterocycles. The van der Waals surface area contributed by atoms with Crippen molar-refractivity contribution in [2.45, 2.75) is 56.8 Å². The molecule has 0 bridgehead atoms. The zero-order valence-corrected chi connectivity index (χ0v) is 14.8. The van der Waals surface area contributed by atoms with Gasteiger partial charge in [0.15, 0.2) is 0 Å². The van der Waals surface area contributed by atoms with Crippen LogP contribution in [0, 0.1) is 0 Å². The van der Waals surface area contributed by atoms with E-state index in [4.69, 9.17) is 14.6 Å². The average molecular weight is 375 g/mol. The van der Waals surface area contributed by atoms with E-state index in [0.29, 0.717) is 6.04 Å². The van der Waals surface area contributed by atoms with Gasteiger partial charge >= 0.3 is 18.1 Å². The Labute approximate surface area is 150 Å². The summed E-state index contributed by atoms with van der Waals surface area (Å²) in [4.78, 5) is 20.8. The summed E-state index contributed by atoms with van der Waals surface area (Å²) in [5.74, 6) is -2.87. The highest BCUT2D eigenvalue weighted by atomic mass is 19.4. The molecule has 1 aliphatic heterocycles. The van der Waals surface area contributed by atoms with Gasteiger partial charge < -0.3 is 9.84 Å². The molecule has 0 radical (unpaired) electrons. The van der Waals surface area contributed by atoms with Crippen LogP contribution in [-0.4, -0.2) is 41.9 Å². The minimum absolute atomic E-state index is 0.114. The molecule has 2 rings (SSSR count). The predicted octanol–water partition coefficient (Wildman–Crippen LogP) is 3.33. The van der Waals surface area contributed by atoms with Crippen molar-refractivity contribution < 1.29 is 32.6 Å². The third-order valence-corrected chi connectivity index (χ3v) is 4.45. The van der Waals surface area contributed by atoms with E-state index in [9.17, 15) is 18.0 Å². The van der Waals surface area contributed by atoms with Crippen LogP contribution in [0.5, 0.6) is 0 Å². The van der Waals surface area contributed by atoms with E-state index in [1.807, 2.05) is 13.0 Å². The molecule has 1 aromatic carbocycles. The van der Waals surface area contributed by atoms with Gasteiger partial charge in [-0.1, -0.05) is 37.3 Å². The highest BCUT2D eigenvalue weighted by Crippen LogP contribution is 2.29. The van der Waals surface area contributed by atoms with Gasteiger partial charge in [-0.2, -0.15) is 13.2 Å². The van der Waals surface area contributed by atoms with Crippen molar-refractivity contribution in [3.05, 3.63) is 35.9 Å². The second kappa shape index (κ2) is 9.56. The summed E-state index contributed by atoms with van der Waals surface area (Å²) in [6.07, 6.45) is -0.227. The predicted molar refractivity (Wildman–Crippen MR) is 89.6 cm³/mol. The Morgan fingerprint density at radius 1 is 1.31 bits per heavy atom. The Hall–Kier alpha value is -2.09. The number of alkyl halides is 3. The normalized spacial score (nSPS) is 22.3. The van der Waals surface area contributed by atoms with E-state index < -0.39 is 17.7 Å². The largest absolute Gasteiger partial charge is 0.490 e. The molecule has 2 atom stereocenters. The zero-order chi connectivity index (χ0) is 19.8. The number of aliphatic carboxylic acids is 1. The molecule has 146 valence electrons. The Morgan fingerprint density at radius 3 is 2.35 bits per heavy atom. The number of halogens is 3. The number of carbonyl (C=O) groups excluding carboxylic acids is 1. The third-order valence-electron chi connectivity index (χ3n) is 4.45. The number of nitrogens with one attached hydrogen (secondary N) is 1. The lowest BCUT2D eigenvalue weighted by atomic mass is 9.94. The van der Waals surface area contributed by atoms with Gasteiger partial charge in [0.2, 0.25) is 0 Å². The number of esters is 1. The first kappa shape index (κ1) is 22.0. The Balaban J connectivity index is 0.000000412. The minimum Gasteiger partial charge on any atom is -0.475 e. The Morgan fingerprint density at radius 2 is 1.88 bits per heavy atom. The lowest BCUT2D eigenvalue weighted by Crippen LogP contribution is -2.50. The number of carbonyl (C=O) groups is 2. The van der Waals surface area contributed by atoms with Crippen LogP contribution in [-0.2, 0) is 20.7 Å². The van der Waals surface area contributed by atoms with Crippen LogP contribution in [0.1, 0.15) is 38.2 Å². The van der Waals surface area contributed by atoms with E-state index in [2.05, 4.69) is 29.6 Å². The lowest BCUT2D eigenvalue weighted by molar-refractivity contribution is -0.192. The van der Waals surface area contributed by atoms with Gasteiger partial charge in [-0.3, -0.25) is 10.1 Å². The molecule has 8 heteroatoms. The third kappa shape index (κ3) is 6.33. The fourth-order valence-corrected chi connectivity index (χ4v) is 2.94. The molecule has 1 aromatic rings. The van der Waals surface area contributed by atoms with Gasteiger partial charge in [-0.05, 0) is 37.7 Å². The SMILES string of the molecule is CC[C@]1(C(=O)OC)CC[C@H](CCc2ccccc2)N1.O=C(O)C(F)(F)F. The van der Waals surface area contributed by atoms with E-state index >= 15 is 0 Å². The lowest BCUT2D eigenvalue weighted by Gasteiger charge is -2.26. The Kier molecular flexibility index (Phi) is 8.08. The smallest absolute Gasteiger partial charge is 0.475 e. The number of carboxylic acid groups (broad SMARTS) is 1. The first-order valence-corrected chi connectivity index (χ1v) is 8.34. The molecule has 0 aromatic heterocycles. The van der Waals surface area contributed by atoms with Gasteiger partial charge in [0.25, 0.3) is 0 Å². The number of aryl methyl sites for hydroxylation is 1. The van der Waals surface area contributed by atoms with Crippen molar-refractivity contribution in [1.82, 2.24) is 5.32 Å². The number of hydrogen-bond donors (Lipinski definition) is 2. The molecular formula is C18H24F3NO4. The zero-order valence-electron chi connectivity index (χ0n) is 14.8. The number of ether oxygens (including phenoxy) is 1. The van der Waals surface area contributed by atoms with Crippen molar-refractivity contribution in [3.63, 3.8) is 0 Å². The van der Waals surface area contributed by atoms with Crippen LogP contribution in [0.2, 0.25) is 0 Å². The van der Waals surface area contributed by atoms with Crippen molar-refractivity contribution in [3.8, 4) is 0 Å². The van der Waals surface area contributed by atoms with Gasteiger partial charge in [0.1, 0.15) is 5.54 Å². The van der Waals surface area contributed by atoms with E-state index in [1.54, 1.807) is 0 Å². The monoisotopic (exact) mass is 375 g/mol. The fourth-order valence-electron chi connectivity index (χ4n) is 2.94. The van der Waals surface area contributed by atoms with Gasteiger partial charge in [0, 0.05) is 6.04 Å². The molecule has 2 N–H and O–H groups in total. The number of rotatable bonds is 5. The summed E-state index contributed by atoms with van der Waals surface area (Å²) in [6.45, 7) is 2.05. The van der Waals surface area contributed by atoms with E-state index in [1.165, 1.54) is 12.7 Å². The van der Waals surface area contributed by atoms with Crippen LogP contribution in [0.25, 0.3) is 0 Å². The molecule has 1 heterocycles. The summed E-state index contributed by atoms with van der Waals surface area (Å²) >= 11 is 0. The number of methoxy groups -OCH3 is 1. The summed E-state index contributed by atoms with van der Waals surface area (Å²) in [5.41, 5.74) is 0.909. The molecule has 0 aliphatic carbocycles. The molecule has 5 nitrogen and oxygen atoms in total. The highest BCUT2D eigenvalue weighted by molar-refractivity contribution is 5.81. The molecule has 1 fully saturated rings. The number of benzene rings is 1. The van der Waals surface area contributed by atoms with Crippen LogP contribution in [0.4, 0.5) is 13.2 Å². The summed E-state index contributed by atoms with van der Waals surface area (Å²) in [7, 11) is 1.47. The quantitative estimate of drug-likeness (QED) is 0.772. The van der Waals surface area contributed by atoms with Crippen LogP contribution >= 0.6 is 0 Å². The van der Waals surface area contributed by atoms with Crippen LogP contribution in [0.3, 0.4) is 0 Å². The number of carboxylic acids is 1. The van der Waals surface area contributed by atoms with Crippen molar-refractivity contribution in [2.24, 2.45) is 0 Å². The van der Waals surface area contributed by atoms with Gasteiger partial charge in [-0.15, -0.1) is 0 Å². The van der Waals surface area contributed by atoms with Crippen molar-refractivity contribution in [1.29, 1.82) is 0 Å². The van der Waals surface area contributed by atoms with Crippen molar-refractivity contribution in [2.75, 3.05) is 7.11 Å². The van der Waals surface area contributed by atoms with Gasteiger partial charge in [-0.25, -0.2) is 4.79 Å². The van der Waals surface area contributed by atoms with E-state index in [0.717, 1.165) is 32.1 Å². The van der Waals surface area contributed by atoms with Gasteiger partial charge in [0.05, 0.1) is 7.11 Å². The van der Waals surface area contributed by atoms with Crippen LogP contribution in [0.15, 0.2) is 30.3 Å². The topological polar surface area (TPSA) is 75.6 Å². The first-order valence-electron chi connectivity index (χ1n) is 8.34. The van der Waals surface area contributed by atoms with Crippen LogP contribution < -0.4 is 5.32 Å². The average Bonchev–Trinajstić information content (AvgIpc) is 3.05. The van der Waals surface area contributed by atoms with Crippen molar-refractivity contribution >= 4 is 11.9 Å². The minimum atomic E-state index is -5.08. The standard InChI is InChI=1S/C16H23NO2.C2HF3O2/c1-3-16(15(18)19-2)12-11-14(17-16)10-9-13-7-5-4-6-8-13;3-2(4,5)1(6)7/h4-8,14,17H,3,9-12H2,1-2H3;(H,6,7)/t14-,16+;/m0./s1. The molecule has 1 aliphatic rings. The second-order valence-corrected chi connectivity index (χ2v) is 6.13. The molecule has 0 saturated carbocycles. The highest BCUT2D eigenvalue weighted by Gasteiger charge is 2.44.